The lowest BCUT2D eigenvalue weighted by atomic mass is 9.91. The Bertz CT molecular complexity index is 2640. The van der Waals surface area contributed by atoms with E-state index in [0.717, 1.165) is 14.7 Å². The van der Waals surface area contributed by atoms with Crippen molar-refractivity contribution < 1.29 is 72.1 Å². The Morgan fingerprint density at radius 2 is 1.01 bits per heavy atom. The van der Waals surface area contributed by atoms with Gasteiger partial charge in [-0.2, -0.15) is 0 Å². The lowest BCUT2D eigenvalue weighted by Crippen LogP contribution is -2.63. The van der Waals surface area contributed by atoms with Crippen molar-refractivity contribution in [2.45, 2.75) is 248 Å². The third kappa shape index (κ3) is 25.3. The van der Waals surface area contributed by atoms with Crippen molar-refractivity contribution in [2.24, 2.45) is 47.2 Å². The van der Waals surface area contributed by atoms with E-state index in [4.69, 9.17) is 15.2 Å². The number of nitrogens with two attached hydrogens (primary N) is 1. The zero-order valence-corrected chi connectivity index (χ0v) is 62.6. The summed E-state index contributed by atoms with van der Waals surface area (Å²) in [5.74, 6) is -11.2. The zero-order valence-electron chi connectivity index (χ0n) is 62.6. The molecule has 14 atom stereocenters. The Hall–Kier alpha value is -6.74. The maximum atomic E-state index is 15.2. The number of esters is 1. The van der Waals surface area contributed by atoms with E-state index in [9.17, 15) is 48.3 Å². The van der Waals surface area contributed by atoms with Crippen molar-refractivity contribution >= 4 is 70.9 Å². The van der Waals surface area contributed by atoms with Crippen LogP contribution in [0.25, 0.3) is 0 Å². The van der Waals surface area contributed by atoms with Gasteiger partial charge in [0.15, 0.2) is 0 Å². The second kappa shape index (κ2) is 40.9. The van der Waals surface area contributed by atoms with Gasteiger partial charge in [0.2, 0.25) is 65.0 Å². The van der Waals surface area contributed by atoms with Gasteiger partial charge in [0.25, 0.3) is 0 Å². The maximum absolute atomic E-state index is 15.2. The number of aliphatic hydroxyl groups is 1. The van der Waals surface area contributed by atoms with Crippen LogP contribution in [0.15, 0.2) is 12.2 Å². The van der Waals surface area contributed by atoms with Crippen LogP contribution >= 0.6 is 0 Å². The van der Waals surface area contributed by atoms with Crippen LogP contribution in [0.1, 0.15) is 170 Å². The number of unbranched alkanes of at least 4 members (excludes halogenated alkanes) is 1. The summed E-state index contributed by atoms with van der Waals surface area (Å²) in [6.07, 6.45) is 2.25. The van der Waals surface area contributed by atoms with Gasteiger partial charge in [0, 0.05) is 55.9 Å². The normalized spacial score (nSPS) is 25.8. The molecule has 550 valence electrons. The summed E-state index contributed by atoms with van der Waals surface area (Å²) in [4.78, 5) is 183. The van der Waals surface area contributed by atoms with E-state index in [1.165, 1.54) is 82.8 Å². The highest BCUT2D eigenvalue weighted by molar-refractivity contribution is 5.99. The zero-order chi connectivity index (χ0) is 74.2. The summed E-state index contributed by atoms with van der Waals surface area (Å²) in [5, 5.41) is 23.1. The minimum atomic E-state index is -1.66. The molecule has 1 aliphatic heterocycles. The van der Waals surface area contributed by atoms with Crippen LogP contribution < -0.4 is 27.0 Å². The summed E-state index contributed by atoms with van der Waals surface area (Å²) in [6, 6.07) is -14.0. The van der Waals surface area contributed by atoms with Crippen molar-refractivity contribution in [1.29, 1.82) is 0 Å². The Morgan fingerprint density at radius 1 is 0.542 bits per heavy atom. The number of aliphatic hydroxyl groups excluding tert-OH is 1. The molecule has 0 aromatic carbocycles. The molecule has 11 amide bonds. The first-order valence-corrected chi connectivity index (χ1v) is 34.3. The molecule has 0 aromatic rings. The molecule has 1 rings (SSSR count). The van der Waals surface area contributed by atoms with Crippen molar-refractivity contribution in [3.63, 3.8) is 0 Å². The lowest BCUT2D eigenvalue weighted by molar-refractivity contribution is -0.157. The minimum Gasteiger partial charge on any atom is -0.465 e. The van der Waals surface area contributed by atoms with E-state index in [0.29, 0.717) is 12.8 Å². The maximum Gasteiger partial charge on any atom is 0.323 e. The predicted octanol–water partition coefficient (Wildman–Crippen LogP) is 2.93. The number of hydrogen-bond donors (Lipinski definition) is 6. The fourth-order valence-electron chi connectivity index (χ4n) is 11.6. The fraction of sp³-hybridized carbons (Fsp3) is 0.797. The van der Waals surface area contributed by atoms with Crippen LogP contribution in [0, 0.1) is 41.4 Å². The summed E-state index contributed by atoms with van der Waals surface area (Å²) in [5.41, 5.74) is 5.95. The third-order valence-corrected chi connectivity index (χ3v) is 17.9. The topological polar surface area (TPSA) is 340 Å². The highest BCUT2D eigenvalue weighted by atomic mass is 16.5. The Morgan fingerprint density at radius 3 is 1.50 bits per heavy atom. The molecular formula is C69H124N12O15. The largest absolute Gasteiger partial charge is 0.465 e. The average Bonchev–Trinajstić information content (AvgIpc) is 0.807. The van der Waals surface area contributed by atoms with E-state index in [-0.39, 0.29) is 69.0 Å². The number of nitrogens with zero attached hydrogens (tertiary/aromatic N) is 7. The van der Waals surface area contributed by atoms with Crippen LogP contribution in [0.3, 0.4) is 0 Å². The van der Waals surface area contributed by atoms with Gasteiger partial charge in [-0.1, -0.05) is 109 Å². The number of carbonyl (C=O) groups is 12. The molecule has 1 fully saturated rings. The summed E-state index contributed by atoms with van der Waals surface area (Å²) >= 11 is 0. The summed E-state index contributed by atoms with van der Waals surface area (Å²) in [7, 11) is 9.69. The number of nitrogens with one attached hydrogen (secondary N) is 4. The van der Waals surface area contributed by atoms with Gasteiger partial charge in [0.05, 0.1) is 25.4 Å². The van der Waals surface area contributed by atoms with Gasteiger partial charge in [-0.15, -0.1) is 0 Å². The smallest absolute Gasteiger partial charge is 0.323 e. The molecule has 27 heteroatoms. The first-order valence-electron chi connectivity index (χ1n) is 34.3. The number of likely N-dealkylation sites (N-methyl/N-ethyl adjacent to an activating group) is 7. The van der Waals surface area contributed by atoms with Gasteiger partial charge in [-0.05, 0) is 114 Å². The van der Waals surface area contributed by atoms with Gasteiger partial charge in [0.1, 0.15) is 66.5 Å². The summed E-state index contributed by atoms with van der Waals surface area (Å²) in [6.45, 7) is 30.4. The number of rotatable bonds is 22. The molecule has 0 aromatic heterocycles. The monoisotopic (exact) mass is 1360 g/mol. The first-order chi connectivity index (χ1) is 44.4. The average molecular weight is 1360 g/mol. The molecule has 0 bridgehead atoms. The van der Waals surface area contributed by atoms with E-state index >= 15 is 14.4 Å². The van der Waals surface area contributed by atoms with Gasteiger partial charge in [-0.25, -0.2) is 0 Å². The van der Waals surface area contributed by atoms with Crippen molar-refractivity contribution in [1.82, 2.24) is 55.6 Å². The second-order valence-corrected chi connectivity index (χ2v) is 28.6. The van der Waals surface area contributed by atoms with E-state index < -0.39 is 174 Å². The minimum absolute atomic E-state index is 0.0225. The highest BCUT2D eigenvalue weighted by Gasteiger charge is 2.46. The van der Waals surface area contributed by atoms with Gasteiger partial charge < -0.3 is 75.9 Å². The first kappa shape index (κ1) is 87.3. The summed E-state index contributed by atoms with van der Waals surface area (Å²) < 4.78 is 11.5. The molecule has 1 aliphatic rings. The Kier molecular flexibility index (Phi) is 37.1. The lowest BCUT2D eigenvalue weighted by Gasteiger charge is -2.41. The molecule has 7 N–H and O–H groups in total. The van der Waals surface area contributed by atoms with Crippen LogP contribution in [-0.4, -0.2) is 258 Å². The highest BCUT2D eigenvalue weighted by Crippen LogP contribution is 2.26. The van der Waals surface area contributed by atoms with Crippen LogP contribution in [0.2, 0.25) is 0 Å². The predicted molar refractivity (Wildman–Crippen MR) is 367 cm³/mol. The van der Waals surface area contributed by atoms with Crippen molar-refractivity contribution in [3.8, 4) is 0 Å². The van der Waals surface area contributed by atoms with Crippen LogP contribution in [0.5, 0.6) is 0 Å². The van der Waals surface area contributed by atoms with Crippen molar-refractivity contribution in [2.75, 3.05) is 69.1 Å². The van der Waals surface area contributed by atoms with E-state index in [1.807, 2.05) is 41.5 Å². The second-order valence-electron chi connectivity index (χ2n) is 28.6. The molecule has 0 saturated carbocycles. The number of hydrogen-bond acceptors (Lipinski definition) is 16. The van der Waals surface area contributed by atoms with E-state index in [2.05, 4.69) is 21.3 Å². The molecule has 1 heterocycles. The van der Waals surface area contributed by atoms with E-state index in [1.54, 1.807) is 81.4 Å². The quantitative estimate of drug-likeness (QED) is 0.0516. The number of ether oxygens (including phenoxy) is 2. The fourth-order valence-corrected chi connectivity index (χ4v) is 11.6. The van der Waals surface area contributed by atoms with Crippen LogP contribution in [-0.2, 0) is 67.0 Å². The molecule has 0 unspecified atom stereocenters. The molecule has 1 saturated heterocycles. The van der Waals surface area contributed by atoms with Crippen LogP contribution in [0.4, 0.5) is 0 Å². The molecule has 0 spiro atoms. The number of allylic oxidation sites excluding steroid dienone is 2. The van der Waals surface area contributed by atoms with Crippen molar-refractivity contribution in [3.05, 3.63) is 12.2 Å². The Labute approximate surface area is 573 Å². The van der Waals surface area contributed by atoms with Gasteiger partial charge in [-0.3, -0.25) is 57.5 Å². The molecule has 27 nitrogen and oxygen atoms in total. The standard InChI is InChI=1S/C69H124N12O15/c1-26-28-31-44(15)58(83)57-62(87)73-48(27-2)64(89)75(19)37-52(82)79(23)56(47(18)95-32-29-30-33-96-69(94)53(70)41(9)10)61(86)74-54(42(11)12)67(92)76(20)49(34-38(3)4)60(85)71-45(16)59(84)72-46(17)63(88)77(21)50(35-39(5)6)65(90)78(22)51(36-40(7)8)66(91)80(24)55(43(13)14)68(93)81(57)25/h26,28,38-51,53-58,83H,27,29-37,70H2,1-25H3,(H,71,85)(H,72,84)(H,73,87)(H,74,86)/b28-26+/t44-,45+,46+,47-,48+,49-,50+,51-,53+,54+,55+,56+,57+,58-/m1/s1. The Balaban J connectivity index is 4.36. The molecular weight excluding hydrogens is 1240 g/mol. The third-order valence-electron chi connectivity index (χ3n) is 17.9. The van der Waals surface area contributed by atoms with Gasteiger partial charge >= 0.3 is 5.97 Å². The number of amides is 11. The molecule has 96 heavy (non-hydrogen) atoms. The molecule has 0 aliphatic carbocycles. The molecule has 0 radical (unpaired) electrons. The SMILES string of the molecule is C/C=C/C[C@@H](C)[C@@H](O)[C@H]1C(=O)N[C@@H](CC)C(=O)N(C)CC(=O)N(C)[C@@H]([C@@H](C)OCCCCOC(=O)[C@@H](N)C(C)C)C(=O)N[C@@H](C(C)C)C(=O)N(C)[C@H](CC(C)C)C(=O)N[C@@H](C)C(=O)N[C@@H](C)C(=O)N(C)[C@@H](CC(C)C)C(=O)N(C)[C@H](CC(C)C)C(=O)N(C)[C@@H](C(C)C)C(=O)N1C. The number of carbonyl (C=O) groups excluding carboxylic acids is 12.